The maximum atomic E-state index is 13.0. The van der Waals surface area contributed by atoms with Crippen molar-refractivity contribution in [1.82, 2.24) is 10.2 Å². The summed E-state index contributed by atoms with van der Waals surface area (Å²) < 4.78 is 13.0. The Bertz CT molecular complexity index is 607. The first-order valence-electron chi connectivity index (χ1n) is 4.85. The molecule has 0 saturated heterocycles. The number of carboxylic acids is 1. The maximum absolute atomic E-state index is 13.0. The maximum Gasteiger partial charge on any atom is 0.339 e. The molecule has 0 radical (unpaired) electrons. The molecule has 2 N–H and O–H groups in total. The minimum atomic E-state index is -1.14. The first-order chi connectivity index (χ1) is 8.58. The van der Waals surface area contributed by atoms with Gasteiger partial charge in [-0.25, -0.2) is 9.18 Å². The molecule has 0 unspecified atom stereocenters. The zero-order chi connectivity index (χ0) is 13.1. The summed E-state index contributed by atoms with van der Waals surface area (Å²) in [4.78, 5) is 10.9. The normalized spacial score (nSPS) is 10.1. The lowest BCUT2D eigenvalue weighted by atomic mass is 10.2. The summed E-state index contributed by atoms with van der Waals surface area (Å²) in [7, 11) is 0. The molecule has 1 heterocycles. The summed E-state index contributed by atoms with van der Waals surface area (Å²) in [6, 6.07) is 5.23. The van der Waals surface area contributed by atoms with Gasteiger partial charge in [0.2, 0.25) is 0 Å². The van der Waals surface area contributed by atoms with Gasteiger partial charge in [-0.05, 0) is 24.3 Å². The molecule has 18 heavy (non-hydrogen) atoms. The quantitative estimate of drug-likeness (QED) is 0.894. The second kappa shape index (κ2) is 4.97. The van der Waals surface area contributed by atoms with Crippen LogP contribution in [0.15, 0.2) is 30.5 Å². The first-order valence-corrected chi connectivity index (χ1v) is 5.23. The molecule has 0 aliphatic heterocycles. The second-order valence-corrected chi connectivity index (χ2v) is 3.76. The zero-order valence-corrected chi connectivity index (χ0v) is 9.65. The molecule has 5 nitrogen and oxygen atoms in total. The molecule has 0 fully saturated rings. The van der Waals surface area contributed by atoms with Gasteiger partial charge in [0.1, 0.15) is 11.4 Å². The van der Waals surface area contributed by atoms with E-state index >= 15 is 0 Å². The number of rotatable bonds is 3. The third-order valence-corrected chi connectivity index (χ3v) is 2.42. The van der Waals surface area contributed by atoms with Crippen LogP contribution in [0.5, 0.6) is 0 Å². The molecule has 0 aliphatic carbocycles. The molecule has 2 aromatic rings. The Labute approximate surface area is 106 Å². The summed E-state index contributed by atoms with van der Waals surface area (Å²) >= 11 is 5.62. The van der Waals surface area contributed by atoms with Crippen molar-refractivity contribution in [3.05, 3.63) is 46.9 Å². The minimum Gasteiger partial charge on any atom is -0.478 e. The monoisotopic (exact) mass is 267 g/mol. The van der Waals surface area contributed by atoms with Gasteiger partial charge in [0.05, 0.1) is 11.2 Å². The van der Waals surface area contributed by atoms with Gasteiger partial charge >= 0.3 is 5.97 Å². The van der Waals surface area contributed by atoms with Crippen molar-refractivity contribution >= 4 is 29.1 Å². The fourth-order valence-corrected chi connectivity index (χ4v) is 1.49. The Hall–Kier alpha value is -2.21. The number of aromatic carboxylic acids is 1. The Morgan fingerprint density at radius 2 is 2.17 bits per heavy atom. The van der Waals surface area contributed by atoms with Crippen molar-refractivity contribution in [3.63, 3.8) is 0 Å². The lowest BCUT2D eigenvalue weighted by molar-refractivity contribution is 0.0697. The van der Waals surface area contributed by atoms with Crippen molar-refractivity contribution in [1.29, 1.82) is 0 Å². The van der Waals surface area contributed by atoms with E-state index in [9.17, 15) is 9.18 Å². The van der Waals surface area contributed by atoms with Crippen LogP contribution < -0.4 is 5.32 Å². The molecule has 0 spiro atoms. The van der Waals surface area contributed by atoms with E-state index in [1.165, 1.54) is 30.5 Å². The van der Waals surface area contributed by atoms with Gasteiger partial charge < -0.3 is 10.4 Å². The average Bonchev–Trinajstić information content (AvgIpc) is 2.34. The minimum absolute atomic E-state index is 0.0366. The van der Waals surface area contributed by atoms with E-state index < -0.39 is 11.8 Å². The Balaban J connectivity index is 2.34. The molecule has 0 aliphatic rings. The Kier molecular flexibility index (Phi) is 3.38. The largest absolute Gasteiger partial charge is 0.478 e. The molecule has 7 heteroatoms. The van der Waals surface area contributed by atoms with E-state index in [1.54, 1.807) is 0 Å². The SMILES string of the molecule is O=C(O)c1ccnnc1Nc1ccc(F)c(Cl)c1. The van der Waals surface area contributed by atoms with E-state index in [0.29, 0.717) is 5.69 Å². The van der Waals surface area contributed by atoms with Crippen LogP contribution in [0.4, 0.5) is 15.9 Å². The lowest BCUT2D eigenvalue weighted by Crippen LogP contribution is -2.05. The summed E-state index contributed by atoms with van der Waals surface area (Å²) in [5.74, 6) is -1.63. The molecule has 0 bridgehead atoms. The smallest absolute Gasteiger partial charge is 0.339 e. The number of anilines is 2. The third kappa shape index (κ3) is 2.54. The first kappa shape index (κ1) is 12.3. The second-order valence-electron chi connectivity index (χ2n) is 3.35. The van der Waals surface area contributed by atoms with Gasteiger partial charge in [-0.15, -0.1) is 5.10 Å². The van der Waals surface area contributed by atoms with Crippen LogP contribution in [-0.2, 0) is 0 Å². The molecule has 92 valence electrons. The van der Waals surface area contributed by atoms with Gasteiger partial charge in [-0.3, -0.25) is 0 Å². The molecule has 0 amide bonds. The number of aromatic nitrogens is 2. The summed E-state index contributed by atoms with van der Waals surface area (Å²) in [6.45, 7) is 0. The topological polar surface area (TPSA) is 75.1 Å². The van der Waals surface area contributed by atoms with Crippen molar-refractivity contribution in [2.24, 2.45) is 0 Å². The van der Waals surface area contributed by atoms with Gasteiger partial charge in [-0.1, -0.05) is 11.6 Å². The van der Waals surface area contributed by atoms with Gasteiger partial charge in [0, 0.05) is 5.69 Å². The average molecular weight is 268 g/mol. The number of carboxylic acid groups (broad SMARTS) is 1. The van der Waals surface area contributed by atoms with Crippen LogP contribution in [0.1, 0.15) is 10.4 Å². The standard InChI is InChI=1S/C11H7ClFN3O2/c12-8-5-6(1-2-9(8)13)15-10-7(11(17)18)3-4-14-16-10/h1-5H,(H,15,16)(H,17,18). The van der Waals surface area contributed by atoms with E-state index in [0.717, 1.165) is 0 Å². The predicted octanol–water partition coefficient (Wildman–Crippen LogP) is 2.71. The summed E-state index contributed by atoms with van der Waals surface area (Å²) in [5, 5.41) is 18.8. The fraction of sp³-hybridized carbons (Fsp3) is 0. The van der Waals surface area contributed by atoms with Crippen LogP contribution in [0.3, 0.4) is 0 Å². The highest BCUT2D eigenvalue weighted by Gasteiger charge is 2.12. The summed E-state index contributed by atoms with van der Waals surface area (Å²) in [5.41, 5.74) is 0.384. The number of nitrogens with zero attached hydrogens (tertiary/aromatic N) is 2. The predicted molar refractivity (Wildman–Crippen MR) is 63.7 cm³/mol. The molecular weight excluding hydrogens is 261 g/mol. The number of nitrogens with one attached hydrogen (secondary N) is 1. The van der Waals surface area contributed by atoms with Gasteiger partial charge in [-0.2, -0.15) is 5.10 Å². The van der Waals surface area contributed by atoms with Gasteiger partial charge in [0.15, 0.2) is 5.82 Å². The third-order valence-electron chi connectivity index (χ3n) is 2.13. The molecule has 1 aromatic carbocycles. The van der Waals surface area contributed by atoms with Crippen molar-refractivity contribution in [3.8, 4) is 0 Å². The van der Waals surface area contributed by atoms with E-state index in [4.69, 9.17) is 16.7 Å². The highest BCUT2D eigenvalue weighted by Crippen LogP contribution is 2.23. The highest BCUT2D eigenvalue weighted by atomic mass is 35.5. The van der Waals surface area contributed by atoms with Crippen LogP contribution in [-0.4, -0.2) is 21.3 Å². The van der Waals surface area contributed by atoms with Crippen LogP contribution in [0.2, 0.25) is 5.02 Å². The van der Waals surface area contributed by atoms with Crippen LogP contribution in [0, 0.1) is 5.82 Å². The van der Waals surface area contributed by atoms with E-state index in [-0.39, 0.29) is 16.4 Å². The Morgan fingerprint density at radius 1 is 1.39 bits per heavy atom. The van der Waals surface area contributed by atoms with E-state index in [2.05, 4.69) is 15.5 Å². The number of halogens is 2. The summed E-state index contributed by atoms with van der Waals surface area (Å²) in [6.07, 6.45) is 1.27. The number of carbonyl (C=O) groups is 1. The van der Waals surface area contributed by atoms with Crippen LogP contribution in [0.25, 0.3) is 0 Å². The number of hydrogen-bond acceptors (Lipinski definition) is 4. The number of hydrogen-bond donors (Lipinski definition) is 2. The number of benzene rings is 1. The highest BCUT2D eigenvalue weighted by molar-refractivity contribution is 6.31. The zero-order valence-electron chi connectivity index (χ0n) is 8.89. The van der Waals surface area contributed by atoms with Crippen molar-refractivity contribution < 1.29 is 14.3 Å². The van der Waals surface area contributed by atoms with E-state index in [1.807, 2.05) is 0 Å². The van der Waals surface area contributed by atoms with Crippen molar-refractivity contribution in [2.75, 3.05) is 5.32 Å². The van der Waals surface area contributed by atoms with Crippen molar-refractivity contribution in [2.45, 2.75) is 0 Å². The molecule has 0 atom stereocenters. The fourth-order valence-electron chi connectivity index (χ4n) is 1.31. The Morgan fingerprint density at radius 3 is 2.83 bits per heavy atom. The molecular formula is C11H7ClFN3O2. The lowest BCUT2D eigenvalue weighted by Gasteiger charge is -2.07. The molecule has 2 rings (SSSR count). The van der Waals surface area contributed by atoms with Crippen LogP contribution >= 0.6 is 11.6 Å². The molecule has 1 aromatic heterocycles. The van der Waals surface area contributed by atoms with Gasteiger partial charge in [0.25, 0.3) is 0 Å². The molecule has 0 saturated carbocycles.